The number of methoxy groups -OCH3 is 1. The molecular weight excluding hydrogens is 390 g/mol. The minimum atomic E-state index is -0.468. The molecule has 1 fully saturated rings. The number of nitrogens with one attached hydrogen (secondary N) is 1. The minimum absolute atomic E-state index is 0.224. The Morgan fingerprint density at radius 2 is 1.87 bits per heavy atom. The van der Waals surface area contributed by atoms with Crippen molar-refractivity contribution < 1.29 is 14.3 Å². The molecule has 3 aromatic rings. The number of amides is 1. The van der Waals surface area contributed by atoms with Crippen LogP contribution in [0.5, 0.6) is 5.75 Å². The Morgan fingerprint density at radius 1 is 1.13 bits per heavy atom. The van der Waals surface area contributed by atoms with E-state index in [1.165, 1.54) is 11.3 Å². The summed E-state index contributed by atoms with van der Waals surface area (Å²) in [7, 11) is 1.70. The van der Waals surface area contributed by atoms with E-state index in [1.54, 1.807) is 7.11 Å². The van der Waals surface area contributed by atoms with Crippen LogP contribution in [0.4, 0.5) is 4.79 Å². The zero-order valence-corrected chi connectivity index (χ0v) is 19.0. The largest absolute Gasteiger partial charge is 0.496 e. The molecule has 0 bridgehead atoms. The van der Waals surface area contributed by atoms with Crippen LogP contribution in [0.3, 0.4) is 0 Å². The fraction of sp³-hybridized carbons (Fsp3) is 0.440. The number of likely N-dealkylation sites (tertiary alicyclic amines) is 1. The van der Waals surface area contributed by atoms with Gasteiger partial charge in [-0.15, -0.1) is 0 Å². The average Bonchev–Trinajstić information content (AvgIpc) is 3.17. The highest BCUT2D eigenvalue weighted by atomic mass is 16.6. The lowest BCUT2D eigenvalue weighted by Gasteiger charge is -2.33. The van der Waals surface area contributed by atoms with Crippen molar-refractivity contribution in [3.8, 4) is 16.9 Å². The lowest BCUT2D eigenvalue weighted by atomic mass is 9.93. The smallest absolute Gasteiger partial charge is 0.410 e. The Morgan fingerprint density at radius 3 is 2.55 bits per heavy atom. The molecular formula is C25H31N3O3. The van der Waals surface area contributed by atoms with Crippen LogP contribution in [-0.4, -0.2) is 46.8 Å². The monoisotopic (exact) mass is 421 g/mol. The van der Waals surface area contributed by atoms with Crippen LogP contribution in [0.15, 0.2) is 36.5 Å². The molecule has 0 unspecified atom stereocenters. The molecule has 0 aliphatic carbocycles. The quantitative estimate of drug-likeness (QED) is 0.592. The number of aryl methyl sites for hydroxylation is 1. The summed E-state index contributed by atoms with van der Waals surface area (Å²) in [6.07, 6.45) is 3.41. The van der Waals surface area contributed by atoms with E-state index in [-0.39, 0.29) is 6.09 Å². The Balaban J connectivity index is 1.57. The minimum Gasteiger partial charge on any atom is -0.496 e. The van der Waals surface area contributed by atoms with Crippen LogP contribution >= 0.6 is 0 Å². The van der Waals surface area contributed by atoms with Crippen LogP contribution < -0.4 is 4.74 Å². The summed E-state index contributed by atoms with van der Waals surface area (Å²) < 4.78 is 11.1. The molecule has 0 radical (unpaired) electrons. The fourth-order valence-corrected chi connectivity index (χ4v) is 4.23. The molecule has 1 aromatic carbocycles. The number of benzene rings is 1. The van der Waals surface area contributed by atoms with E-state index >= 15 is 0 Å². The molecule has 6 heteroatoms. The first kappa shape index (κ1) is 21.2. The number of H-pyrrole nitrogens is 1. The number of piperidine rings is 1. The molecule has 0 saturated carbocycles. The van der Waals surface area contributed by atoms with E-state index in [9.17, 15) is 4.79 Å². The SMILES string of the molecule is COc1ccc(C)cc1-c1ccnc2[nH]c(C3CCN(C(=O)OC(C)(C)C)CC3)cc12. The van der Waals surface area contributed by atoms with Gasteiger partial charge in [0.1, 0.15) is 17.0 Å². The van der Waals surface area contributed by atoms with Crippen molar-refractivity contribution >= 4 is 17.1 Å². The number of pyridine rings is 1. The predicted octanol–water partition coefficient (Wildman–Crippen LogP) is 5.66. The summed E-state index contributed by atoms with van der Waals surface area (Å²) in [4.78, 5) is 22.3. The molecule has 0 atom stereocenters. The highest BCUT2D eigenvalue weighted by molar-refractivity contribution is 5.95. The van der Waals surface area contributed by atoms with Gasteiger partial charge in [0.25, 0.3) is 0 Å². The summed E-state index contributed by atoms with van der Waals surface area (Å²) in [5.74, 6) is 1.21. The third-order valence-corrected chi connectivity index (χ3v) is 5.78. The van der Waals surface area contributed by atoms with Gasteiger partial charge in [-0.25, -0.2) is 9.78 Å². The molecule has 2 aromatic heterocycles. The lowest BCUT2D eigenvalue weighted by molar-refractivity contribution is 0.0204. The summed E-state index contributed by atoms with van der Waals surface area (Å²) in [6, 6.07) is 10.5. The number of ether oxygens (including phenoxy) is 2. The molecule has 164 valence electrons. The highest BCUT2D eigenvalue weighted by Gasteiger charge is 2.28. The number of carbonyl (C=O) groups is 1. The average molecular weight is 422 g/mol. The van der Waals surface area contributed by atoms with Gasteiger partial charge in [-0.05, 0) is 70.4 Å². The molecule has 31 heavy (non-hydrogen) atoms. The first-order valence-electron chi connectivity index (χ1n) is 10.9. The van der Waals surface area contributed by atoms with Gasteiger partial charge >= 0.3 is 6.09 Å². The standard InChI is InChI=1S/C25H31N3O3/c1-16-6-7-22(30-5)19(14-16)18-8-11-26-23-20(18)15-21(27-23)17-9-12-28(13-10-17)24(29)31-25(2,3)4/h6-8,11,14-15,17H,9-10,12-13H2,1-5H3,(H,26,27). The summed E-state index contributed by atoms with van der Waals surface area (Å²) in [5.41, 5.74) is 4.95. The fourth-order valence-electron chi connectivity index (χ4n) is 4.23. The van der Waals surface area contributed by atoms with Gasteiger partial charge < -0.3 is 19.4 Å². The van der Waals surface area contributed by atoms with Crippen molar-refractivity contribution in [3.05, 3.63) is 47.8 Å². The molecule has 1 N–H and O–H groups in total. The van der Waals surface area contributed by atoms with E-state index in [0.717, 1.165) is 40.8 Å². The number of nitrogens with zero attached hydrogens (tertiary/aromatic N) is 2. The van der Waals surface area contributed by atoms with Gasteiger partial charge in [0, 0.05) is 41.8 Å². The molecule has 1 saturated heterocycles. The maximum atomic E-state index is 12.4. The van der Waals surface area contributed by atoms with Gasteiger partial charge in [-0.1, -0.05) is 11.6 Å². The molecule has 1 aliphatic heterocycles. The maximum absolute atomic E-state index is 12.4. The van der Waals surface area contributed by atoms with Crippen molar-refractivity contribution in [2.24, 2.45) is 0 Å². The van der Waals surface area contributed by atoms with Crippen LogP contribution in [0.1, 0.15) is 50.8 Å². The Hall–Kier alpha value is -3.02. The number of hydrogen-bond donors (Lipinski definition) is 1. The summed E-state index contributed by atoms with van der Waals surface area (Å²) >= 11 is 0. The highest BCUT2D eigenvalue weighted by Crippen LogP contribution is 2.37. The number of fused-ring (bicyclic) bond motifs is 1. The van der Waals surface area contributed by atoms with Crippen molar-refractivity contribution in [1.82, 2.24) is 14.9 Å². The third-order valence-electron chi connectivity index (χ3n) is 5.78. The second-order valence-corrected chi connectivity index (χ2v) is 9.29. The molecule has 4 rings (SSSR count). The molecule has 1 amide bonds. The number of aromatic amines is 1. The molecule has 3 heterocycles. The predicted molar refractivity (Wildman–Crippen MR) is 123 cm³/mol. The van der Waals surface area contributed by atoms with E-state index in [4.69, 9.17) is 9.47 Å². The van der Waals surface area contributed by atoms with Crippen molar-refractivity contribution in [2.75, 3.05) is 20.2 Å². The first-order chi connectivity index (χ1) is 14.7. The number of aromatic nitrogens is 2. The van der Waals surface area contributed by atoms with Crippen LogP contribution in [0.2, 0.25) is 0 Å². The molecule has 1 aliphatic rings. The number of hydrogen-bond acceptors (Lipinski definition) is 4. The normalized spacial score (nSPS) is 15.3. The summed E-state index contributed by atoms with van der Waals surface area (Å²) in [5, 5.41) is 1.09. The topological polar surface area (TPSA) is 67.5 Å². The molecule has 0 spiro atoms. The molecule has 6 nitrogen and oxygen atoms in total. The number of carbonyl (C=O) groups excluding carboxylic acids is 1. The van der Waals surface area contributed by atoms with Crippen molar-refractivity contribution in [2.45, 2.75) is 52.1 Å². The third kappa shape index (κ3) is 4.53. The van der Waals surface area contributed by atoms with Crippen molar-refractivity contribution in [3.63, 3.8) is 0 Å². The van der Waals surface area contributed by atoms with Crippen molar-refractivity contribution in [1.29, 1.82) is 0 Å². The van der Waals surface area contributed by atoms with Crippen LogP contribution in [0.25, 0.3) is 22.2 Å². The maximum Gasteiger partial charge on any atom is 0.410 e. The van der Waals surface area contributed by atoms with Gasteiger partial charge in [0.2, 0.25) is 0 Å². The second kappa shape index (κ2) is 8.25. The first-order valence-corrected chi connectivity index (χ1v) is 10.9. The Kier molecular flexibility index (Phi) is 5.65. The van der Waals surface area contributed by atoms with Gasteiger partial charge in [-0.3, -0.25) is 0 Å². The van der Waals surface area contributed by atoms with Crippen LogP contribution in [0, 0.1) is 6.92 Å². The van der Waals surface area contributed by atoms with Gasteiger partial charge in [-0.2, -0.15) is 0 Å². The summed E-state index contributed by atoms with van der Waals surface area (Å²) in [6.45, 7) is 9.17. The van der Waals surface area contributed by atoms with Gasteiger partial charge in [0.05, 0.1) is 7.11 Å². The second-order valence-electron chi connectivity index (χ2n) is 9.29. The zero-order chi connectivity index (χ0) is 22.2. The zero-order valence-electron chi connectivity index (χ0n) is 19.0. The van der Waals surface area contributed by atoms with E-state index in [0.29, 0.717) is 19.0 Å². The van der Waals surface area contributed by atoms with E-state index < -0.39 is 5.60 Å². The lowest BCUT2D eigenvalue weighted by Crippen LogP contribution is -2.41. The van der Waals surface area contributed by atoms with E-state index in [2.05, 4.69) is 35.1 Å². The van der Waals surface area contributed by atoms with E-state index in [1.807, 2.05) is 44.0 Å². The van der Waals surface area contributed by atoms with Crippen LogP contribution in [-0.2, 0) is 4.74 Å². The Labute approximate surface area is 183 Å². The number of rotatable bonds is 3. The Bertz CT molecular complexity index is 1090. The van der Waals surface area contributed by atoms with Gasteiger partial charge in [0.15, 0.2) is 0 Å².